The SMILES string of the molecule is CCCCN=C(NN)NC(C)C(=O)NCCOC. The van der Waals surface area contributed by atoms with Gasteiger partial charge in [-0.25, -0.2) is 5.84 Å². The molecule has 0 heterocycles. The van der Waals surface area contributed by atoms with E-state index in [1.165, 1.54) is 0 Å². The molecule has 0 saturated heterocycles. The molecule has 1 unspecified atom stereocenters. The zero-order valence-corrected chi connectivity index (χ0v) is 11.5. The molecule has 1 atom stereocenters. The lowest BCUT2D eigenvalue weighted by Crippen LogP contribution is -2.51. The lowest BCUT2D eigenvalue weighted by molar-refractivity contribution is -0.122. The number of ether oxygens (including phenoxy) is 1. The molecule has 0 bridgehead atoms. The molecule has 0 rings (SSSR count). The van der Waals surface area contributed by atoms with E-state index in [4.69, 9.17) is 10.6 Å². The van der Waals surface area contributed by atoms with Crippen LogP contribution in [0.15, 0.2) is 4.99 Å². The van der Waals surface area contributed by atoms with Gasteiger partial charge < -0.3 is 15.4 Å². The first kappa shape index (κ1) is 16.7. The number of aliphatic imine (C=N–C) groups is 1. The Labute approximate surface area is 109 Å². The summed E-state index contributed by atoms with van der Waals surface area (Å²) in [6, 6.07) is -0.404. The summed E-state index contributed by atoms with van der Waals surface area (Å²) in [6.45, 7) is 5.49. The van der Waals surface area contributed by atoms with E-state index in [-0.39, 0.29) is 5.91 Å². The summed E-state index contributed by atoms with van der Waals surface area (Å²) >= 11 is 0. The van der Waals surface area contributed by atoms with Crippen molar-refractivity contribution in [1.82, 2.24) is 16.1 Å². The maximum Gasteiger partial charge on any atom is 0.242 e. The van der Waals surface area contributed by atoms with E-state index in [0.717, 1.165) is 12.8 Å². The molecule has 106 valence electrons. The van der Waals surface area contributed by atoms with Gasteiger partial charge in [-0.1, -0.05) is 13.3 Å². The Bertz CT molecular complexity index is 258. The zero-order chi connectivity index (χ0) is 13.8. The van der Waals surface area contributed by atoms with E-state index in [1.54, 1.807) is 14.0 Å². The topological polar surface area (TPSA) is 101 Å². The number of nitrogens with zero attached hydrogens (tertiary/aromatic N) is 1. The van der Waals surface area contributed by atoms with Crippen LogP contribution in [0.25, 0.3) is 0 Å². The highest BCUT2D eigenvalue weighted by Gasteiger charge is 2.13. The summed E-state index contributed by atoms with van der Waals surface area (Å²) in [6.07, 6.45) is 2.05. The number of hydrogen-bond donors (Lipinski definition) is 4. The fraction of sp³-hybridized carbons (Fsp3) is 0.818. The van der Waals surface area contributed by atoms with Gasteiger partial charge in [0, 0.05) is 20.2 Å². The number of rotatable bonds is 8. The van der Waals surface area contributed by atoms with Crippen LogP contribution in [0.2, 0.25) is 0 Å². The van der Waals surface area contributed by atoms with Crippen LogP contribution in [0.1, 0.15) is 26.7 Å². The lowest BCUT2D eigenvalue weighted by atomic mass is 10.3. The summed E-state index contributed by atoms with van der Waals surface area (Å²) in [7, 11) is 1.59. The van der Waals surface area contributed by atoms with Gasteiger partial charge in [0.25, 0.3) is 0 Å². The number of methoxy groups -OCH3 is 1. The summed E-state index contributed by atoms with van der Waals surface area (Å²) in [5, 5.41) is 5.64. The average Bonchev–Trinajstić information content (AvgIpc) is 2.37. The summed E-state index contributed by atoms with van der Waals surface area (Å²) in [5.74, 6) is 5.64. The van der Waals surface area contributed by atoms with Crippen LogP contribution in [0.4, 0.5) is 0 Å². The zero-order valence-electron chi connectivity index (χ0n) is 11.5. The van der Waals surface area contributed by atoms with Crippen LogP contribution in [0.3, 0.4) is 0 Å². The Morgan fingerprint density at radius 3 is 2.78 bits per heavy atom. The van der Waals surface area contributed by atoms with Crippen molar-refractivity contribution >= 4 is 11.9 Å². The highest BCUT2D eigenvalue weighted by atomic mass is 16.5. The predicted molar refractivity (Wildman–Crippen MR) is 72.0 cm³/mol. The molecule has 0 radical (unpaired) electrons. The Kier molecular flexibility index (Phi) is 9.99. The Balaban J connectivity index is 4.04. The highest BCUT2D eigenvalue weighted by molar-refractivity contribution is 5.88. The molecule has 0 aromatic heterocycles. The lowest BCUT2D eigenvalue weighted by Gasteiger charge is -2.16. The van der Waals surface area contributed by atoms with Crippen LogP contribution in [0, 0.1) is 0 Å². The van der Waals surface area contributed by atoms with E-state index < -0.39 is 6.04 Å². The number of amides is 1. The molecule has 0 spiro atoms. The van der Waals surface area contributed by atoms with Crippen molar-refractivity contribution in [3.63, 3.8) is 0 Å². The normalized spacial score (nSPS) is 13.0. The second kappa shape index (κ2) is 10.8. The quantitative estimate of drug-likeness (QED) is 0.152. The van der Waals surface area contributed by atoms with E-state index in [0.29, 0.717) is 25.7 Å². The molecular weight excluding hydrogens is 234 g/mol. The third-order valence-electron chi connectivity index (χ3n) is 2.27. The largest absolute Gasteiger partial charge is 0.383 e. The number of guanidine groups is 1. The molecule has 0 aliphatic rings. The minimum Gasteiger partial charge on any atom is -0.383 e. The van der Waals surface area contributed by atoms with Crippen LogP contribution in [-0.4, -0.2) is 44.7 Å². The molecule has 0 fully saturated rings. The standard InChI is InChI=1S/C11H25N5O2/c1-4-5-6-14-11(16-12)15-9(2)10(17)13-7-8-18-3/h9H,4-8,12H2,1-3H3,(H,13,17)(H2,14,15,16). The monoisotopic (exact) mass is 259 g/mol. The van der Waals surface area contributed by atoms with Gasteiger partial charge in [-0.3, -0.25) is 15.2 Å². The Morgan fingerprint density at radius 1 is 1.50 bits per heavy atom. The summed E-state index contributed by atoms with van der Waals surface area (Å²) in [4.78, 5) is 15.9. The first-order chi connectivity index (χ1) is 8.65. The maximum atomic E-state index is 11.6. The van der Waals surface area contributed by atoms with E-state index in [1.807, 2.05) is 0 Å². The van der Waals surface area contributed by atoms with Gasteiger partial charge in [0.05, 0.1) is 6.61 Å². The number of nitrogens with one attached hydrogen (secondary N) is 3. The predicted octanol–water partition coefficient (Wildman–Crippen LogP) is -0.653. The molecule has 7 heteroatoms. The average molecular weight is 259 g/mol. The number of nitrogens with two attached hydrogens (primary N) is 1. The molecule has 0 aromatic carbocycles. The van der Waals surface area contributed by atoms with Crippen molar-refractivity contribution in [2.24, 2.45) is 10.8 Å². The van der Waals surface area contributed by atoms with Crippen molar-refractivity contribution in [2.45, 2.75) is 32.7 Å². The van der Waals surface area contributed by atoms with Crippen LogP contribution in [-0.2, 0) is 9.53 Å². The highest BCUT2D eigenvalue weighted by Crippen LogP contribution is 1.88. The van der Waals surface area contributed by atoms with Gasteiger partial charge in [0.1, 0.15) is 6.04 Å². The number of carbonyl (C=O) groups excluding carboxylic acids is 1. The van der Waals surface area contributed by atoms with Crippen molar-refractivity contribution < 1.29 is 9.53 Å². The first-order valence-corrected chi connectivity index (χ1v) is 6.19. The minimum absolute atomic E-state index is 0.120. The van der Waals surface area contributed by atoms with Gasteiger partial charge in [-0.05, 0) is 13.3 Å². The van der Waals surface area contributed by atoms with Crippen molar-refractivity contribution in [2.75, 3.05) is 26.8 Å². The molecule has 0 aromatic rings. The van der Waals surface area contributed by atoms with E-state index >= 15 is 0 Å². The van der Waals surface area contributed by atoms with Gasteiger partial charge in [0.15, 0.2) is 0 Å². The number of carbonyl (C=O) groups is 1. The third-order valence-corrected chi connectivity index (χ3v) is 2.27. The van der Waals surface area contributed by atoms with E-state index in [9.17, 15) is 4.79 Å². The fourth-order valence-electron chi connectivity index (χ4n) is 1.18. The van der Waals surface area contributed by atoms with Crippen molar-refractivity contribution in [3.8, 4) is 0 Å². The number of hydrazine groups is 1. The molecule has 7 nitrogen and oxygen atoms in total. The van der Waals surface area contributed by atoms with Crippen LogP contribution in [0.5, 0.6) is 0 Å². The molecular formula is C11H25N5O2. The van der Waals surface area contributed by atoms with Crippen molar-refractivity contribution in [1.29, 1.82) is 0 Å². The Morgan fingerprint density at radius 2 is 2.22 bits per heavy atom. The molecule has 0 aliphatic heterocycles. The van der Waals surface area contributed by atoms with Crippen LogP contribution < -0.4 is 21.9 Å². The molecule has 0 saturated carbocycles. The Hall–Kier alpha value is -1.34. The van der Waals surface area contributed by atoms with Gasteiger partial charge in [0.2, 0.25) is 11.9 Å². The minimum atomic E-state index is -0.404. The second-order valence-electron chi connectivity index (χ2n) is 3.88. The van der Waals surface area contributed by atoms with Gasteiger partial charge >= 0.3 is 0 Å². The molecule has 1 amide bonds. The van der Waals surface area contributed by atoms with Gasteiger partial charge in [-0.15, -0.1) is 0 Å². The van der Waals surface area contributed by atoms with Crippen molar-refractivity contribution in [3.05, 3.63) is 0 Å². The smallest absolute Gasteiger partial charge is 0.242 e. The summed E-state index contributed by atoms with van der Waals surface area (Å²) in [5.41, 5.74) is 2.45. The maximum absolute atomic E-state index is 11.6. The number of unbranched alkanes of at least 4 members (excludes halogenated alkanes) is 1. The number of hydrogen-bond acceptors (Lipinski definition) is 4. The summed E-state index contributed by atoms with van der Waals surface area (Å²) < 4.78 is 4.85. The molecule has 5 N–H and O–H groups in total. The van der Waals surface area contributed by atoms with Gasteiger partial charge in [-0.2, -0.15) is 0 Å². The van der Waals surface area contributed by atoms with E-state index in [2.05, 4.69) is 28.0 Å². The fourth-order valence-corrected chi connectivity index (χ4v) is 1.18. The van der Waals surface area contributed by atoms with Crippen LogP contribution >= 0.6 is 0 Å². The molecule has 18 heavy (non-hydrogen) atoms. The second-order valence-corrected chi connectivity index (χ2v) is 3.88. The first-order valence-electron chi connectivity index (χ1n) is 6.19. The molecule has 0 aliphatic carbocycles. The third kappa shape index (κ3) is 7.86.